The summed E-state index contributed by atoms with van der Waals surface area (Å²) in [6.07, 6.45) is 1.21. The van der Waals surface area contributed by atoms with Crippen LogP contribution in [0.3, 0.4) is 0 Å². The zero-order valence-electron chi connectivity index (χ0n) is 18.9. The maximum atomic E-state index is 2.86. The van der Waals surface area contributed by atoms with Gasteiger partial charge in [0.25, 0.3) is 0 Å². The Morgan fingerprint density at radius 3 is 1.26 bits per heavy atom. The number of hydrogen-bond acceptors (Lipinski definition) is 1. The Morgan fingerprint density at radius 1 is 0.652 bits per heavy atom. The van der Waals surface area contributed by atoms with Gasteiger partial charge in [-0.3, -0.25) is 4.90 Å². The van der Waals surface area contributed by atoms with E-state index in [1.165, 1.54) is 6.42 Å². The van der Waals surface area contributed by atoms with Crippen LogP contribution in [-0.2, 0) is 0 Å². The second kappa shape index (κ2) is 7.06. The van der Waals surface area contributed by atoms with Gasteiger partial charge in [0, 0.05) is 17.6 Å². The van der Waals surface area contributed by atoms with Crippen LogP contribution in [0.25, 0.3) is 0 Å². The molecule has 0 aromatic heterocycles. The molecule has 0 saturated carbocycles. The van der Waals surface area contributed by atoms with Gasteiger partial charge in [-0.1, -0.05) is 76.2 Å². The van der Waals surface area contributed by atoms with Gasteiger partial charge >= 0.3 is 0 Å². The van der Waals surface area contributed by atoms with Crippen molar-refractivity contribution in [1.82, 2.24) is 4.90 Å². The first-order valence-electron chi connectivity index (χ1n) is 9.59. The Labute approximate surface area is 148 Å². The van der Waals surface area contributed by atoms with Crippen LogP contribution in [0.5, 0.6) is 0 Å². The largest absolute Gasteiger partial charge is 0.291 e. The van der Waals surface area contributed by atoms with Gasteiger partial charge in [-0.2, -0.15) is 0 Å². The summed E-state index contributed by atoms with van der Waals surface area (Å²) in [5.41, 5.74) is 1.04. The highest BCUT2D eigenvalue weighted by Gasteiger charge is 2.46. The van der Waals surface area contributed by atoms with Crippen LogP contribution in [0.15, 0.2) is 0 Å². The highest BCUT2D eigenvalue weighted by molar-refractivity contribution is 4.99. The van der Waals surface area contributed by atoms with Gasteiger partial charge < -0.3 is 0 Å². The van der Waals surface area contributed by atoms with Gasteiger partial charge in [-0.15, -0.1) is 0 Å². The highest BCUT2D eigenvalue weighted by atomic mass is 15.3. The minimum Gasteiger partial charge on any atom is -0.291 e. The molecule has 0 N–H and O–H groups in total. The molecule has 0 aromatic carbocycles. The third-order valence-electron chi connectivity index (χ3n) is 5.15. The molecule has 2 atom stereocenters. The van der Waals surface area contributed by atoms with E-state index in [-0.39, 0.29) is 16.4 Å². The van der Waals surface area contributed by atoms with Crippen LogP contribution >= 0.6 is 0 Å². The van der Waals surface area contributed by atoms with E-state index in [0.29, 0.717) is 23.4 Å². The Hall–Kier alpha value is -0.0400. The molecule has 0 aliphatic carbocycles. The van der Waals surface area contributed by atoms with E-state index in [1.807, 2.05) is 0 Å². The first-order valence-corrected chi connectivity index (χ1v) is 9.59. The summed E-state index contributed by atoms with van der Waals surface area (Å²) in [6, 6.07) is 1.10. The van der Waals surface area contributed by atoms with Gasteiger partial charge in [-0.05, 0) is 49.4 Å². The first-order chi connectivity index (χ1) is 9.81. The SMILES string of the molecule is CC(C)C(N(C(C)C(C)(C)C)C(C)(C)CC(C)(C)C)C(C)(C)C. The van der Waals surface area contributed by atoms with Gasteiger partial charge in [-0.25, -0.2) is 0 Å². The lowest BCUT2D eigenvalue weighted by Crippen LogP contribution is -2.63. The smallest absolute Gasteiger partial charge is 0.0175 e. The number of rotatable bonds is 5. The predicted molar refractivity (Wildman–Crippen MR) is 107 cm³/mol. The van der Waals surface area contributed by atoms with E-state index in [1.54, 1.807) is 0 Å². The minimum absolute atomic E-state index is 0.174. The molecule has 0 spiro atoms. The molecule has 140 valence electrons. The van der Waals surface area contributed by atoms with Crippen LogP contribution in [0.1, 0.15) is 103 Å². The third-order valence-corrected chi connectivity index (χ3v) is 5.15. The van der Waals surface area contributed by atoms with Crippen molar-refractivity contribution < 1.29 is 0 Å². The fourth-order valence-corrected chi connectivity index (χ4v) is 4.69. The molecule has 0 aromatic rings. The van der Waals surface area contributed by atoms with E-state index >= 15 is 0 Å². The fourth-order valence-electron chi connectivity index (χ4n) is 4.69. The topological polar surface area (TPSA) is 3.24 Å². The van der Waals surface area contributed by atoms with E-state index in [9.17, 15) is 0 Å². The molecule has 0 fully saturated rings. The van der Waals surface area contributed by atoms with Crippen molar-refractivity contribution in [1.29, 1.82) is 0 Å². The Balaban J connectivity index is 6.11. The number of hydrogen-bond donors (Lipinski definition) is 0. The van der Waals surface area contributed by atoms with Crippen molar-refractivity contribution in [3.8, 4) is 0 Å². The Bertz CT molecular complexity index is 357. The lowest BCUT2D eigenvalue weighted by atomic mass is 9.71. The van der Waals surface area contributed by atoms with Crippen molar-refractivity contribution in [2.24, 2.45) is 22.2 Å². The lowest BCUT2D eigenvalue weighted by Gasteiger charge is -2.57. The monoisotopic (exact) mass is 325 g/mol. The van der Waals surface area contributed by atoms with Crippen LogP contribution < -0.4 is 0 Å². The Morgan fingerprint density at radius 2 is 1.04 bits per heavy atom. The molecule has 0 radical (unpaired) electrons. The van der Waals surface area contributed by atoms with Crippen molar-refractivity contribution in [2.45, 2.75) is 121 Å². The minimum atomic E-state index is 0.174. The predicted octanol–water partition coefficient (Wildman–Crippen LogP) is 7.01. The van der Waals surface area contributed by atoms with Gasteiger partial charge in [0.2, 0.25) is 0 Å². The summed E-state index contributed by atoms with van der Waals surface area (Å²) in [5.74, 6) is 0.638. The zero-order chi connectivity index (χ0) is 19.0. The average molecular weight is 326 g/mol. The molecular weight excluding hydrogens is 278 g/mol. The molecule has 0 heterocycles. The average Bonchev–Trinajstić information content (AvgIpc) is 2.16. The van der Waals surface area contributed by atoms with Crippen molar-refractivity contribution in [3.05, 3.63) is 0 Å². The molecule has 0 aliphatic rings. The van der Waals surface area contributed by atoms with Gasteiger partial charge in [0.1, 0.15) is 0 Å². The van der Waals surface area contributed by atoms with Gasteiger partial charge in [0.05, 0.1) is 0 Å². The molecule has 0 bridgehead atoms. The third kappa shape index (κ3) is 6.77. The Kier molecular flexibility index (Phi) is 7.05. The fraction of sp³-hybridized carbons (Fsp3) is 1.00. The maximum absolute atomic E-state index is 2.86. The van der Waals surface area contributed by atoms with E-state index < -0.39 is 0 Å². The second-order valence-electron chi connectivity index (χ2n) is 12.1. The molecule has 23 heavy (non-hydrogen) atoms. The summed E-state index contributed by atoms with van der Waals surface area (Å²) in [5, 5.41) is 0. The number of nitrogens with zero attached hydrogens (tertiary/aromatic N) is 1. The maximum Gasteiger partial charge on any atom is 0.0175 e. The van der Waals surface area contributed by atoms with Crippen LogP contribution in [-0.4, -0.2) is 22.5 Å². The van der Waals surface area contributed by atoms with E-state index in [2.05, 4.69) is 102 Å². The summed E-state index contributed by atoms with van der Waals surface area (Å²) in [7, 11) is 0. The summed E-state index contributed by atoms with van der Waals surface area (Å²) >= 11 is 0. The van der Waals surface area contributed by atoms with Crippen molar-refractivity contribution in [2.75, 3.05) is 0 Å². The van der Waals surface area contributed by atoms with E-state index in [0.717, 1.165) is 0 Å². The van der Waals surface area contributed by atoms with Crippen molar-refractivity contribution in [3.63, 3.8) is 0 Å². The lowest BCUT2D eigenvalue weighted by molar-refractivity contribution is -0.0821. The molecule has 0 saturated heterocycles. The summed E-state index contributed by atoms with van der Waals surface area (Å²) in [6.45, 7) is 33.6. The molecule has 0 aliphatic heterocycles. The van der Waals surface area contributed by atoms with Crippen LogP contribution in [0.4, 0.5) is 0 Å². The normalized spacial score (nSPS) is 17.7. The quantitative estimate of drug-likeness (QED) is 0.525. The van der Waals surface area contributed by atoms with E-state index in [4.69, 9.17) is 0 Å². The van der Waals surface area contributed by atoms with Crippen LogP contribution in [0.2, 0.25) is 0 Å². The molecule has 1 nitrogen and oxygen atoms in total. The summed E-state index contributed by atoms with van der Waals surface area (Å²) in [4.78, 5) is 2.86. The summed E-state index contributed by atoms with van der Waals surface area (Å²) < 4.78 is 0. The molecule has 1 heteroatoms. The molecule has 0 amide bonds. The zero-order valence-corrected chi connectivity index (χ0v) is 18.9. The molecule has 0 rings (SSSR count). The van der Waals surface area contributed by atoms with Crippen LogP contribution in [0, 0.1) is 22.2 Å². The first kappa shape index (κ1) is 23.0. The standard InChI is InChI=1S/C22H47N/c1-16(2)18(21(10,11)12)23(17(3)20(7,8)9)22(13,14)15-19(4,5)6/h16-18H,15H2,1-14H3. The highest BCUT2D eigenvalue weighted by Crippen LogP contribution is 2.43. The molecule has 2 unspecified atom stereocenters. The molecular formula is C22H47N. The van der Waals surface area contributed by atoms with Crippen molar-refractivity contribution >= 4 is 0 Å². The van der Waals surface area contributed by atoms with Gasteiger partial charge in [0.15, 0.2) is 0 Å². The second-order valence-corrected chi connectivity index (χ2v) is 12.1.